The number of hydrogen-bond acceptors (Lipinski definition) is 2. The Bertz CT molecular complexity index is 430. The molecule has 2 atom stereocenters. The quantitative estimate of drug-likeness (QED) is 0.853. The topological polar surface area (TPSA) is 49.3 Å². The molecule has 3 nitrogen and oxygen atoms in total. The van der Waals surface area contributed by atoms with Crippen LogP contribution in [0.1, 0.15) is 24.8 Å². The Kier molecular flexibility index (Phi) is 2.98. The van der Waals surface area contributed by atoms with Crippen LogP contribution < -0.4 is 5.32 Å². The van der Waals surface area contributed by atoms with E-state index in [4.69, 9.17) is 0 Å². The number of amides is 1. The predicted molar refractivity (Wildman–Crippen MR) is 69.1 cm³/mol. The molecule has 2 unspecified atom stereocenters. The maximum atomic E-state index is 11.9. The Morgan fingerprint density at radius 1 is 1.22 bits per heavy atom. The summed E-state index contributed by atoms with van der Waals surface area (Å²) in [6.45, 7) is 0.694. The highest BCUT2D eigenvalue weighted by Gasteiger charge is 2.56. The van der Waals surface area contributed by atoms with E-state index in [0.717, 1.165) is 12.0 Å². The fraction of sp³-hybridized carbons (Fsp3) is 0.533. The van der Waals surface area contributed by atoms with Crippen LogP contribution in [0.15, 0.2) is 24.3 Å². The van der Waals surface area contributed by atoms with Gasteiger partial charge >= 0.3 is 0 Å². The second-order valence-electron chi connectivity index (χ2n) is 5.49. The smallest absolute Gasteiger partial charge is 0.223 e. The van der Waals surface area contributed by atoms with Gasteiger partial charge in [-0.05, 0) is 48.8 Å². The fourth-order valence-corrected chi connectivity index (χ4v) is 3.32. The maximum Gasteiger partial charge on any atom is 0.223 e. The summed E-state index contributed by atoms with van der Waals surface area (Å²) in [4.78, 5) is 11.9. The first-order valence-electron chi connectivity index (χ1n) is 6.81. The van der Waals surface area contributed by atoms with Crippen LogP contribution in [0, 0.1) is 17.8 Å². The van der Waals surface area contributed by atoms with E-state index in [1.165, 1.54) is 19.3 Å². The van der Waals surface area contributed by atoms with Crippen molar-refractivity contribution in [1.82, 2.24) is 5.32 Å². The van der Waals surface area contributed by atoms with Crippen LogP contribution in [0.25, 0.3) is 0 Å². The summed E-state index contributed by atoms with van der Waals surface area (Å²) < 4.78 is 0. The average Bonchev–Trinajstić information content (AvgIpc) is 2.86. The lowest BCUT2D eigenvalue weighted by Crippen LogP contribution is -2.28. The molecule has 0 radical (unpaired) electrons. The van der Waals surface area contributed by atoms with E-state index < -0.39 is 0 Å². The Labute approximate surface area is 107 Å². The van der Waals surface area contributed by atoms with Gasteiger partial charge in [0.25, 0.3) is 0 Å². The third-order valence-electron chi connectivity index (χ3n) is 4.36. The zero-order valence-corrected chi connectivity index (χ0v) is 10.4. The van der Waals surface area contributed by atoms with Gasteiger partial charge in [0, 0.05) is 12.5 Å². The zero-order chi connectivity index (χ0) is 12.5. The Hall–Kier alpha value is -1.51. The number of aromatic hydroxyl groups is 1. The molecule has 0 aliphatic heterocycles. The van der Waals surface area contributed by atoms with E-state index in [9.17, 15) is 9.90 Å². The summed E-state index contributed by atoms with van der Waals surface area (Å²) in [6.07, 6.45) is 4.64. The number of rotatable bonds is 4. The standard InChI is InChI=1S/C15H19NO2/c17-11-6-4-10(5-7-11)8-9-16-15(18)14-12-2-1-3-13(12)14/h4-7,12-14,17H,1-3,8-9H2,(H,16,18). The van der Waals surface area contributed by atoms with Crippen LogP contribution in [0.5, 0.6) is 5.75 Å². The van der Waals surface area contributed by atoms with Crippen molar-refractivity contribution in [2.75, 3.05) is 6.54 Å². The van der Waals surface area contributed by atoms with Gasteiger partial charge in [0.2, 0.25) is 5.91 Å². The number of nitrogens with one attached hydrogen (secondary N) is 1. The molecule has 0 saturated heterocycles. The molecule has 2 saturated carbocycles. The molecule has 18 heavy (non-hydrogen) atoms. The van der Waals surface area contributed by atoms with Crippen molar-refractivity contribution in [1.29, 1.82) is 0 Å². The number of benzene rings is 1. The summed E-state index contributed by atoms with van der Waals surface area (Å²) in [6, 6.07) is 7.16. The lowest BCUT2D eigenvalue weighted by molar-refractivity contribution is -0.123. The minimum atomic E-state index is 0.253. The van der Waals surface area contributed by atoms with Crippen molar-refractivity contribution >= 4 is 5.91 Å². The van der Waals surface area contributed by atoms with E-state index >= 15 is 0 Å². The number of fused-ring (bicyclic) bond motifs is 1. The third kappa shape index (κ3) is 2.22. The molecule has 96 valence electrons. The van der Waals surface area contributed by atoms with Crippen molar-refractivity contribution < 1.29 is 9.90 Å². The molecule has 1 amide bonds. The molecule has 2 aliphatic carbocycles. The molecular formula is C15H19NO2. The maximum absolute atomic E-state index is 11.9. The van der Waals surface area contributed by atoms with Gasteiger partial charge in [0.1, 0.15) is 5.75 Å². The van der Waals surface area contributed by atoms with Gasteiger partial charge in [-0.2, -0.15) is 0 Å². The second kappa shape index (κ2) is 4.63. The lowest BCUT2D eigenvalue weighted by atomic mass is 10.1. The third-order valence-corrected chi connectivity index (χ3v) is 4.36. The van der Waals surface area contributed by atoms with E-state index in [1.54, 1.807) is 12.1 Å². The highest BCUT2D eigenvalue weighted by molar-refractivity contribution is 5.82. The number of carbonyl (C=O) groups excluding carboxylic acids is 1. The summed E-state index contributed by atoms with van der Waals surface area (Å²) in [7, 11) is 0. The molecule has 3 rings (SSSR count). The number of phenolic OH excluding ortho intramolecular Hbond substituents is 1. The van der Waals surface area contributed by atoms with E-state index in [1.807, 2.05) is 12.1 Å². The van der Waals surface area contributed by atoms with Crippen LogP contribution in [0.2, 0.25) is 0 Å². The van der Waals surface area contributed by atoms with Crippen LogP contribution >= 0.6 is 0 Å². The van der Waals surface area contributed by atoms with Crippen molar-refractivity contribution in [3.63, 3.8) is 0 Å². The van der Waals surface area contributed by atoms with Gasteiger partial charge in [-0.3, -0.25) is 4.79 Å². The van der Waals surface area contributed by atoms with Crippen LogP contribution in [-0.4, -0.2) is 17.6 Å². The van der Waals surface area contributed by atoms with Crippen molar-refractivity contribution in [3.8, 4) is 5.75 Å². The normalized spacial score (nSPS) is 28.8. The number of carbonyl (C=O) groups is 1. The molecule has 2 N–H and O–H groups in total. The largest absolute Gasteiger partial charge is 0.508 e. The number of hydrogen-bond donors (Lipinski definition) is 2. The molecule has 1 aromatic rings. The summed E-state index contributed by atoms with van der Waals surface area (Å²) in [5.74, 6) is 2.24. The average molecular weight is 245 g/mol. The first kappa shape index (κ1) is 11.6. The van der Waals surface area contributed by atoms with Gasteiger partial charge in [-0.25, -0.2) is 0 Å². The Morgan fingerprint density at radius 2 is 1.89 bits per heavy atom. The van der Waals surface area contributed by atoms with Gasteiger partial charge < -0.3 is 10.4 Å². The van der Waals surface area contributed by atoms with Gasteiger partial charge in [-0.15, -0.1) is 0 Å². The summed E-state index contributed by atoms with van der Waals surface area (Å²) in [5, 5.41) is 12.2. The summed E-state index contributed by atoms with van der Waals surface area (Å²) in [5.41, 5.74) is 1.14. The molecule has 2 fully saturated rings. The first-order valence-corrected chi connectivity index (χ1v) is 6.81. The second-order valence-corrected chi connectivity index (χ2v) is 5.49. The fourth-order valence-electron chi connectivity index (χ4n) is 3.32. The minimum absolute atomic E-state index is 0.253. The highest BCUT2D eigenvalue weighted by atomic mass is 16.3. The van der Waals surface area contributed by atoms with Gasteiger partial charge in [0.05, 0.1) is 0 Å². The molecule has 0 heterocycles. The van der Waals surface area contributed by atoms with Crippen LogP contribution in [0.4, 0.5) is 0 Å². The minimum Gasteiger partial charge on any atom is -0.508 e. The van der Waals surface area contributed by atoms with Crippen molar-refractivity contribution in [2.45, 2.75) is 25.7 Å². The van der Waals surface area contributed by atoms with E-state index in [-0.39, 0.29) is 11.7 Å². The summed E-state index contributed by atoms with van der Waals surface area (Å²) >= 11 is 0. The number of phenols is 1. The van der Waals surface area contributed by atoms with Crippen molar-refractivity contribution in [2.24, 2.45) is 17.8 Å². The molecule has 3 heteroatoms. The SMILES string of the molecule is O=C(NCCc1ccc(O)cc1)C1C2CCCC21. The highest BCUT2D eigenvalue weighted by Crippen LogP contribution is 2.57. The van der Waals surface area contributed by atoms with Crippen LogP contribution in [0.3, 0.4) is 0 Å². The monoisotopic (exact) mass is 245 g/mol. The van der Waals surface area contributed by atoms with Crippen molar-refractivity contribution in [3.05, 3.63) is 29.8 Å². The molecule has 0 bridgehead atoms. The van der Waals surface area contributed by atoms with Crippen LogP contribution in [-0.2, 0) is 11.2 Å². The van der Waals surface area contributed by atoms with E-state index in [2.05, 4.69) is 5.32 Å². The Balaban J connectivity index is 1.42. The lowest BCUT2D eigenvalue weighted by Gasteiger charge is -2.06. The zero-order valence-electron chi connectivity index (χ0n) is 10.4. The first-order chi connectivity index (χ1) is 8.75. The van der Waals surface area contributed by atoms with Gasteiger partial charge in [0.15, 0.2) is 0 Å². The molecular weight excluding hydrogens is 226 g/mol. The van der Waals surface area contributed by atoms with E-state index in [0.29, 0.717) is 24.3 Å². The molecule has 0 spiro atoms. The molecule has 2 aliphatic rings. The molecule has 0 aromatic heterocycles. The molecule has 1 aromatic carbocycles. The Morgan fingerprint density at radius 3 is 2.56 bits per heavy atom. The predicted octanol–water partition coefficient (Wildman–Crippen LogP) is 2.10. The van der Waals surface area contributed by atoms with Gasteiger partial charge in [-0.1, -0.05) is 18.6 Å².